The molecule has 0 fully saturated rings. The van der Waals surface area contributed by atoms with E-state index in [9.17, 15) is 9.59 Å². The van der Waals surface area contributed by atoms with Gasteiger partial charge in [-0.2, -0.15) is 5.10 Å². The summed E-state index contributed by atoms with van der Waals surface area (Å²) in [6, 6.07) is 1.57. The largest absolute Gasteiger partial charge is 0.384 e. The minimum Gasteiger partial charge on any atom is -0.384 e. The van der Waals surface area contributed by atoms with Crippen molar-refractivity contribution in [2.24, 2.45) is 0 Å². The lowest BCUT2D eigenvalue weighted by Crippen LogP contribution is -2.38. The van der Waals surface area contributed by atoms with E-state index in [4.69, 9.17) is 0 Å². The van der Waals surface area contributed by atoms with E-state index in [1.807, 2.05) is 20.8 Å². The van der Waals surface area contributed by atoms with Crippen LogP contribution in [0.1, 0.15) is 27.2 Å². The zero-order valence-electron chi connectivity index (χ0n) is 12.0. The van der Waals surface area contributed by atoms with Gasteiger partial charge in [0.2, 0.25) is 5.91 Å². The van der Waals surface area contributed by atoms with Crippen LogP contribution in [0.3, 0.4) is 0 Å². The van der Waals surface area contributed by atoms with Crippen molar-refractivity contribution in [2.75, 3.05) is 18.9 Å². The van der Waals surface area contributed by atoms with Crippen molar-refractivity contribution in [2.45, 2.75) is 39.8 Å². The number of carbonyl (C=O) groups is 1. The predicted molar refractivity (Wildman–Crippen MR) is 75.2 cm³/mol. The van der Waals surface area contributed by atoms with E-state index in [0.29, 0.717) is 5.69 Å². The minimum absolute atomic E-state index is 0.0262. The van der Waals surface area contributed by atoms with Crippen LogP contribution in [0.5, 0.6) is 0 Å². The van der Waals surface area contributed by atoms with Crippen LogP contribution in [-0.2, 0) is 11.3 Å². The maximum absolute atomic E-state index is 11.9. The van der Waals surface area contributed by atoms with Gasteiger partial charge in [0.1, 0.15) is 6.54 Å². The van der Waals surface area contributed by atoms with Crippen LogP contribution in [-0.4, -0.2) is 40.2 Å². The highest BCUT2D eigenvalue weighted by Crippen LogP contribution is 2.00. The van der Waals surface area contributed by atoms with E-state index in [-0.39, 0.29) is 24.1 Å². The van der Waals surface area contributed by atoms with Gasteiger partial charge in [-0.15, -0.1) is 0 Å². The topological polar surface area (TPSA) is 67.2 Å². The lowest BCUT2D eigenvalue weighted by molar-refractivity contribution is -0.132. The molecule has 19 heavy (non-hydrogen) atoms. The first kappa shape index (κ1) is 15.2. The Morgan fingerprint density at radius 2 is 2.21 bits per heavy atom. The Hall–Kier alpha value is -1.85. The summed E-state index contributed by atoms with van der Waals surface area (Å²) >= 11 is 0. The first-order chi connectivity index (χ1) is 8.95. The first-order valence-electron chi connectivity index (χ1n) is 6.52. The molecular weight excluding hydrogens is 244 g/mol. The molecule has 1 N–H and O–H groups in total. The van der Waals surface area contributed by atoms with Crippen molar-refractivity contribution in [1.82, 2.24) is 14.7 Å². The van der Waals surface area contributed by atoms with Crippen LogP contribution in [0.4, 0.5) is 5.69 Å². The molecule has 0 unspecified atom stereocenters. The molecule has 0 aliphatic carbocycles. The Balaban J connectivity index is 2.75. The van der Waals surface area contributed by atoms with Crippen LogP contribution in [0, 0.1) is 0 Å². The molecule has 6 heteroatoms. The van der Waals surface area contributed by atoms with Crippen molar-refractivity contribution >= 4 is 11.6 Å². The number of hydrogen-bond donors (Lipinski definition) is 1. The Kier molecular flexibility index (Phi) is 5.54. The van der Waals surface area contributed by atoms with Gasteiger partial charge >= 0.3 is 0 Å². The van der Waals surface area contributed by atoms with Crippen LogP contribution in [0.15, 0.2) is 17.1 Å². The summed E-state index contributed by atoms with van der Waals surface area (Å²) in [6.45, 7) is 6.65. The molecule has 1 heterocycles. The number of anilines is 1. The Bertz CT molecular complexity index is 482. The smallest absolute Gasteiger partial charge is 0.269 e. The molecule has 1 aromatic rings. The summed E-state index contributed by atoms with van der Waals surface area (Å²) in [4.78, 5) is 25.3. The SMILES string of the molecule is CCCNc1cnn(CC(=O)N(C)C(C)C)c(=O)c1. The van der Waals surface area contributed by atoms with Crippen molar-refractivity contribution in [3.63, 3.8) is 0 Å². The quantitative estimate of drug-likeness (QED) is 0.832. The number of likely N-dealkylation sites (N-methyl/N-ethyl adjacent to an activating group) is 1. The maximum Gasteiger partial charge on any atom is 0.269 e. The van der Waals surface area contributed by atoms with Gasteiger partial charge < -0.3 is 10.2 Å². The molecule has 6 nitrogen and oxygen atoms in total. The molecule has 0 aliphatic rings. The van der Waals surface area contributed by atoms with Gasteiger partial charge in [-0.3, -0.25) is 9.59 Å². The van der Waals surface area contributed by atoms with E-state index < -0.39 is 0 Å². The summed E-state index contributed by atoms with van der Waals surface area (Å²) in [5, 5.41) is 7.09. The third-order valence-electron chi connectivity index (χ3n) is 2.90. The van der Waals surface area contributed by atoms with Gasteiger partial charge in [0.05, 0.1) is 11.9 Å². The molecule has 0 saturated heterocycles. The second kappa shape index (κ2) is 6.92. The van der Waals surface area contributed by atoms with Gasteiger partial charge in [-0.1, -0.05) is 6.92 Å². The fourth-order valence-electron chi connectivity index (χ4n) is 1.45. The first-order valence-corrected chi connectivity index (χ1v) is 6.52. The highest BCUT2D eigenvalue weighted by atomic mass is 16.2. The zero-order valence-corrected chi connectivity index (χ0v) is 12.0. The van der Waals surface area contributed by atoms with E-state index >= 15 is 0 Å². The Labute approximate surface area is 113 Å². The predicted octanol–water partition coefficient (Wildman–Crippen LogP) is 0.932. The summed E-state index contributed by atoms with van der Waals surface area (Å²) in [7, 11) is 1.72. The van der Waals surface area contributed by atoms with E-state index in [0.717, 1.165) is 13.0 Å². The molecule has 0 saturated carbocycles. The number of nitrogens with zero attached hydrogens (tertiary/aromatic N) is 3. The Morgan fingerprint density at radius 3 is 2.74 bits per heavy atom. The monoisotopic (exact) mass is 266 g/mol. The van der Waals surface area contributed by atoms with Gasteiger partial charge in [0, 0.05) is 25.7 Å². The van der Waals surface area contributed by atoms with Crippen molar-refractivity contribution < 1.29 is 4.79 Å². The molecule has 106 valence electrons. The number of amides is 1. The van der Waals surface area contributed by atoms with E-state index in [1.165, 1.54) is 10.7 Å². The number of nitrogens with one attached hydrogen (secondary N) is 1. The van der Waals surface area contributed by atoms with Gasteiger partial charge in [-0.25, -0.2) is 4.68 Å². The molecule has 0 spiro atoms. The summed E-state index contributed by atoms with van der Waals surface area (Å²) in [5.41, 5.74) is 0.416. The van der Waals surface area contributed by atoms with Crippen LogP contribution in [0.25, 0.3) is 0 Å². The van der Waals surface area contributed by atoms with Crippen molar-refractivity contribution in [3.8, 4) is 0 Å². The summed E-state index contributed by atoms with van der Waals surface area (Å²) in [6.07, 6.45) is 2.54. The average Bonchev–Trinajstić information content (AvgIpc) is 2.37. The van der Waals surface area contributed by atoms with Crippen molar-refractivity contribution in [1.29, 1.82) is 0 Å². The fourth-order valence-corrected chi connectivity index (χ4v) is 1.45. The highest BCUT2D eigenvalue weighted by molar-refractivity contribution is 5.75. The number of carbonyl (C=O) groups excluding carboxylic acids is 1. The molecule has 1 rings (SSSR count). The summed E-state index contributed by atoms with van der Waals surface area (Å²) < 4.78 is 1.18. The molecule has 0 aromatic carbocycles. The van der Waals surface area contributed by atoms with Gasteiger partial charge in [-0.05, 0) is 20.3 Å². The van der Waals surface area contributed by atoms with Crippen LogP contribution in [0.2, 0.25) is 0 Å². The third-order valence-corrected chi connectivity index (χ3v) is 2.90. The Morgan fingerprint density at radius 1 is 1.53 bits per heavy atom. The van der Waals surface area contributed by atoms with E-state index in [1.54, 1.807) is 18.1 Å². The van der Waals surface area contributed by atoms with Crippen LogP contribution < -0.4 is 10.9 Å². The van der Waals surface area contributed by atoms with Gasteiger partial charge in [0.25, 0.3) is 5.56 Å². The molecule has 0 radical (unpaired) electrons. The second-order valence-corrected chi connectivity index (χ2v) is 4.77. The second-order valence-electron chi connectivity index (χ2n) is 4.77. The molecule has 1 aromatic heterocycles. The van der Waals surface area contributed by atoms with E-state index in [2.05, 4.69) is 10.4 Å². The fraction of sp³-hybridized carbons (Fsp3) is 0.615. The number of hydrogen-bond acceptors (Lipinski definition) is 4. The minimum atomic E-state index is -0.272. The molecular formula is C13H22N4O2. The third kappa shape index (κ3) is 4.39. The molecule has 0 aliphatic heterocycles. The lowest BCUT2D eigenvalue weighted by atomic mass is 10.3. The average molecular weight is 266 g/mol. The normalized spacial score (nSPS) is 10.6. The van der Waals surface area contributed by atoms with Crippen LogP contribution >= 0.6 is 0 Å². The molecule has 0 bridgehead atoms. The zero-order chi connectivity index (χ0) is 14.4. The maximum atomic E-state index is 11.9. The lowest BCUT2D eigenvalue weighted by Gasteiger charge is -2.21. The highest BCUT2D eigenvalue weighted by Gasteiger charge is 2.13. The van der Waals surface area contributed by atoms with Crippen molar-refractivity contribution in [3.05, 3.63) is 22.6 Å². The molecule has 1 amide bonds. The number of rotatable bonds is 6. The number of aromatic nitrogens is 2. The standard InChI is InChI=1S/C13H22N4O2/c1-5-6-14-11-7-12(18)17(15-8-11)9-13(19)16(4)10(2)3/h7-8,10,14H,5-6,9H2,1-4H3. The molecule has 0 atom stereocenters. The van der Waals surface area contributed by atoms with Gasteiger partial charge in [0.15, 0.2) is 0 Å². The summed E-state index contributed by atoms with van der Waals surface area (Å²) in [5.74, 6) is -0.126.